The number of rotatable bonds is 16. The van der Waals surface area contributed by atoms with Gasteiger partial charge in [-0.25, -0.2) is 0 Å². The zero-order valence-corrected chi connectivity index (χ0v) is 15.9. The molecule has 0 amide bonds. The topological polar surface area (TPSA) is 58.9 Å². The van der Waals surface area contributed by atoms with Crippen molar-refractivity contribution in [2.75, 3.05) is 26.4 Å². The molecule has 140 valence electrons. The predicted molar refractivity (Wildman–Crippen MR) is 95.4 cm³/mol. The smallest absolute Gasteiger partial charge is 0.215 e. The SMILES string of the molecule is CCCCC(CC)COC(CO)(CO)OCC(CC)CCCC. The van der Waals surface area contributed by atoms with E-state index < -0.39 is 5.79 Å². The summed E-state index contributed by atoms with van der Waals surface area (Å²) in [6.45, 7) is 9.12. The maximum Gasteiger partial charge on any atom is 0.215 e. The fraction of sp³-hybridized carbons (Fsp3) is 1.00. The normalized spacial score (nSPS) is 14.9. The van der Waals surface area contributed by atoms with Crippen molar-refractivity contribution in [2.24, 2.45) is 11.8 Å². The maximum absolute atomic E-state index is 9.69. The van der Waals surface area contributed by atoms with E-state index in [9.17, 15) is 10.2 Å². The van der Waals surface area contributed by atoms with E-state index in [1.165, 1.54) is 25.7 Å². The van der Waals surface area contributed by atoms with Crippen LogP contribution in [0.1, 0.15) is 79.1 Å². The highest BCUT2D eigenvalue weighted by Gasteiger charge is 2.32. The summed E-state index contributed by atoms with van der Waals surface area (Å²) in [7, 11) is 0. The van der Waals surface area contributed by atoms with Crippen molar-refractivity contribution in [2.45, 2.75) is 84.8 Å². The number of aliphatic hydroxyl groups excluding tert-OH is 2. The van der Waals surface area contributed by atoms with Gasteiger partial charge in [0.1, 0.15) is 0 Å². The highest BCUT2D eigenvalue weighted by molar-refractivity contribution is 4.70. The number of unbranched alkanes of at least 4 members (excludes halogenated alkanes) is 2. The lowest BCUT2D eigenvalue weighted by atomic mass is 10.00. The summed E-state index contributed by atoms with van der Waals surface area (Å²) in [6.07, 6.45) is 9.04. The van der Waals surface area contributed by atoms with Crippen molar-refractivity contribution in [3.63, 3.8) is 0 Å². The molecule has 2 N–H and O–H groups in total. The number of aliphatic hydroxyl groups is 2. The molecule has 0 aromatic heterocycles. The van der Waals surface area contributed by atoms with Crippen LogP contribution in [-0.2, 0) is 9.47 Å². The Bertz CT molecular complexity index is 232. The Morgan fingerprint density at radius 1 is 0.739 bits per heavy atom. The maximum atomic E-state index is 9.69. The van der Waals surface area contributed by atoms with E-state index >= 15 is 0 Å². The van der Waals surface area contributed by atoms with Crippen LogP contribution in [0.2, 0.25) is 0 Å². The largest absolute Gasteiger partial charge is 0.391 e. The molecule has 4 heteroatoms. The van der Waals surface area contributed by atoms with Gasteiger partial charge in [0.2, 0.25) is 5.79 Å². The monoisotopic (exact) mass is 332 g/mol. The lowest BCUT2D eigenvalue weighted by Crippen LogP contribution is -2.45. The van der Waals surface area contributed by atoms with Crippen LogP contribution in [0.25, 0.3) is 0 Å². The third-order valence-corrected chi connectivity index (χ3v) is 4.73. The number of hydrogen-bond acceptors (Lipinski definition) is 4. The Morgan fingerprint density at radius 3 is 1.39 bits per heavy atom. The first-order chi connectivity index (χ1) is 11.1. The van der Waals surface area contributed by atoms with E-state index in [1.807, 2.05) is 0 Å². The molecule has 0 bridgehead atoms. The molecule has 0 heterocycles. The van der Waals surface area contributed by atoms with Gasteiger partial charge >= 0.3 is 0 Å². The second-order valence-electron chi connectivity index (χ2n) is 6.68. The van der Waals surface area contributed by atoms with Gasteiger partial charge in [0.15, 0.2) is 0 Å². The minimum absolute atomic E-state index is 0.308. The fourth-order valence-corrected chi connectivity index (χ4v) is 2.61. The molecule has 0 rings (SSSR count). The molecule has 0 radical (unpaired) electrons. The quantitative estimate of drug-likeness (QED) is 0.417. The molecule has 2 atom stereocenters. The van der Waals surface area contributed by atoms with Gasteiger partial charge in [-0.2, -0.15) is 0 Å². The van der Waals surface area contributed by atoms with Crippen molar-refractivity contribution < 1.29 is 19.7 Å². The van der Waals surface area contributed by atoms with Crippen molar-refractivity contribution in [1.29, 1.82) is 0 Å². The molecule has 0 spiro atoms. The highest BCUT2D eigenvalue weighted by Crippen LogP contribution is 2.21. The second-order valence-corrected chi connectivity index (χ2v) is 6.68. The van der Waals surface area contributed by atoms with Crippen molar-refractivity contribution in [3.05, 3.63) is 0 Å². The first-order valence-electron chi connectivity index (χ1n) is 9.60. The molecule has 0 saturated carbocycles. The van der Waals surface area contributed by atoms with Crippen molar-refractivity contribution >= 4 is 0 Å². The van der Waals surface area contributed by atoms with Crippen molar-refractivity contribution in [3.8, 4) is 0 Å². The van der Waals surface area contributed by atoms with Crippen LogP contribution in [-0.4, -0.2) is 42.4 Å². The molecule has 0 fully saturated rings. The molecular formula is C19H40O4. The summed E-state index contributed by atoms with van der Waals surface area (Å²) < 4.78 is 11.7. The molecule has 0 aromatic carbocycles. The van der Waals surface area contributed by atoms with Gasteiger partial charge in [0.05, 0.1) is 26.4 Å². The Morgan fingerprint density at radius 2 is 1.13 bits per heavy atom. The van der Waals surface area contributed by atoms with Gasteiger partial charge < -0.3 is 19.7 Å². The van der Waals surface area contributed by atoms with E-state index in [-0.39, 0.29) is 13.2 Å². The van der Waals surface area contributed by atoms with E-state index in [2.05, 4.69) is 27.7 Å². The molecule has 4 nitrogen and oxygen atoms in total. The van der Waals surface area contributed by atoms with Crippen LogP contribution < -0.4 is 0 Å². The van der Waals surface area contributed by atoms with Gasteiger partial charge in [-0.1, -0.05) is 66.2 Å². The summed E-state index contributed by atoms with van der Waals surface area (Å²) in [4.78, 5) is 0. The van der Waals surface area contributed by atoms with Gasteiger partial charge in [0.25, 0.3) is 0 Å². The first-order valence-corrected chi connectivity index (χ1v) is 9.60. The minimum atomic E-state index is -1.25. The lowest BCUT2D eigenvalue weighted by molar-refractivity contribution is -0.279. The average molecular weight is 333 g/mol. The van der Waals surface area contributed by atoms with Crippen LogP contribution in [0.15, 0.2) is 0 Å². The molecular weight excluding hydrogens is 292 g/mol. The van der Waals surface area contributed by atoms with Gasteiger partial charge in [-0.3, -0.25) is 0 Å². The zero-order valence-electron chi connectivity index (χ0n) is 15.9. The summed E-state index contributed by atoms with van der Waals surface area (Å²) in [5, 5.41) is 19.4. The van der Waals surface area contributed by atoms with Crippen LogP contribution in [0.5, 0.6) is 0 Å². The molecule has 0 aliphatic heterocycles. The van der Waals surface area contributed by atoms with E-state index in [0.717, 1.165) is 25.7 Å². The third kappa shape index (κ3) is 9.65. The van der Waals surface area contributed by atoms with Gasteiger partial charge in [0, 0.05) is 0 Å². The van der Waals surface area contributed by atoms with Crippen LogP contribution >= 0.6 is 0 Å². The van der Waals surface area contributed by atoms with Crippen LogP contribution in [0.3, 0.4) is 0 Å². The predicted octanol–water partition coefficient (Wildman–Crippen LogP) is 4.13. The van der Waals surface area contributed by atoms with E-state index in [1.54, 1.807) is 0 Å². The molecule has 0 aromatic rings. The Kier molecular flexibility index (Phi) is 14.1. The molecule has 23 heavy (non-hydrogen) atoms. The second kappa shape index (κ2) is 14.2. The molecule has 0 saturated heterocycles. The third-order valence-electron chi connectivity index (χ3n) is 4.73. The fourth-order valence-electron chi connectivity index (χ4n) is 2.61. The van der Waals surface area contributed by atoms with E-state index in [4.69, 9.17) is 9.47 Å². The standard InChI is InChI=1S/C19H40O4/c1-5-9-11-17(7-3)13-22-19(15-20,16-21)23-14-18(8-4)12-10-6-2/h17-18,20-21H,5-16H2,1-4H3. The first kappa shape index (κ1) is 22.8. The summed E-state index contributed by atoms with van der Waals surface area (Å²) >= 11 is 0. The minimum Gasteiger partial charge on any atom is -0.391 e. The summed E-state index contributed by atoms with van der Waals surface area (Å²) in [6, 6.07) is 0. The van der Waals surface area contributed by atoms with Crippen LogP contribution in [0.4, 0.5) is 0 Å². The Balaban J connectivity index is 4.47. The van der Waals surface area contributed by atoms with Crippen molar-refractivity contribution in [1.82, 2.24) is 0 Å². The lowest BCUT2D eigenvalue weighted by Gasteiger charge is -2.33. The zero-order chi connectivity index (χ0) is 17.6. The molecule has 0 aliphatic carbocycles. The average Bonchev–Trinajstić information content (AvgIpc) is 2.60. The Labute approximate surface area is 143 Å². The molecule has 2 unspecified atom stereocenters. The number of ether oxygens (including phenoxy) is 2. The van der Waals surface area contributed by atoms with Gasteiger partial charge in [-0.15, -0.1) is 0 Å². The van der Waals surface area contributed by atoms with Gasteiger partial charge in [-0.05, 0) is 24.7 Å². The van der Waals surface area contributed by atoms with Crippen LogP contribution in [0, 0.1) is 11.8 Å². The van der Waals surface area contributed by atoms with E-state index in [0.29, 0.717) is 25.0 Å². The summed E-state index contributed by atoms with van der Waals surface area (Å²) in [5.41, 5.74) is 0. The Hall–Kier alpha value is -0.160. The highest BCUT2D eigenvalue weighted by atomic mass is 16.7. The molecule has 0 aliphatic rings. The summed E-state index contributed by atoms with van der Waals surface area (Å²) in [5.74, 6) is -0.338. The number of hydrogen-bond donors (Lipinski definition) is 2.